The summed E-state index contributed by atoms with van der Waals surface area (Å²) in [5.74, 6) is 1.14. The van der Waals surface area contributed by atoms with E-state index in [1.54, 1.807) is 0 Å². The highest BCUT2D eigenvalue weighted by Gasteiger charge is 2.15. The molecule has 2 heterocycles. The molecule has 0 radical (unpaired) electrons. The van der Waals surface area contributed by atoms with Crippen LogP contribution in [0.5, 0.6) is 0 Å². The van der Waals surface area contributed by atoms with Gasteiger partial charge >= 0.3 is 0 Å². The monoisotopic (exact) mass is 273 g/mol. The second-order valence-corrected chi connectivity index (χ2v) is 5.64. The third kappa shape index (κ3) is 2.72. The number of hydrogen-bond donors (Lipinski definition) is 1. The van der Waals surface area contributed by atoms with E-state index in [-0.39, 0.29) is 0 Å². The largest absolute Gasteiger partial charge is 0.378 e. The van der Waals surface area contributed by atoms with Crippen LogP contribution in [0.15, 0.2) is 18.2 Å². The molecule has 1 saturated heterocycles. The van der Waals surface area contributed by atoms with Crippen molar-refractivity contribution in [3.63, 3.8) is 0 Å². The fourth-order valence-electron chi connectivity index (χ4n) is 2.96. The molecule has 108 valence electrons. The van der Waals surface area contributed by atoms with Gasteiger partial charge in [-0.3, -0.25) is 0 Å². The van der Waals surface area contributed by atoms with E-state index in [0.29, 0.717) is 12.6 Å². The lowest BCUT2D eigenvalue weighted by Gasteiger charge is -2.22. The average Bonchev–Trinajstić information content (AvgIpc) is 2.82. The third-order valence-electron chi connectivity index (χ3n) is 4.24. The van der Waals surface area contributed by atoms with E-state index in [1.165, 1.54) is 24.8 Å². The van der Waals surface area contributed by atoms with Crippen LogP contribution in [0.4, 0.5) is 0 Å². The summed E-state index contributed by atoms with van der Waals surface area (Å²) in [6.07, 6.45) is 6.18. The Hall–Kier alpha value is -1.39. The summed E-state index contributed by atoms with van der Waals surface area (Å²) < 4.78 is 7.99. The van der Waals surface area contributed by atoms with Gasteiger partial charge in [-0.15, -0.1) is 0 Å². The normalized spacial score (nSPS) is 19.6. The van der Waals surface area contributed by atoms with Gasteiger partial charge in [0, 0.05) is 26.6 Å². The Labute approximate surface area is 119 Å². The van der Waals surface area contributed by atoms with Crippen LogP contribution in [0, 0.1) is 0 Å². The van der Waals surface area contributed by atoms with Crippen molar-refractivity contribution in [3.8, 4) is 0 Å². The van der Waals surface area contributed by atoms with Gasteiger partial charge in [0.2, 0.25) is 0 Å². The zero-order valence-electron chi connectivity index (χ0n) is 12.1. The van der Waals surface area contributed by atoms with Crippen molar-refractivity contribution in [3.05, 3.63) is 29.6 Å². The number of benzene rings is 1. The van der Waals surface area contributed by atoms with Crippen molar-refractivity contribution in [1.82, 2.24) is 9.55 Å². The maximum atomic E-state index is 5.80. The smallest absolute Gasteiger partial charge is 0.109 e. The number of aromatic nitrogens is 2. The van der Waals surface area contributed by atoms with Crippen molar-refractivity contribution in [2.75, 3.05) is 6.61 Å². The molecule has 1 fully saturated rings. The molecular formula is C16H23N3O. The Morgan fingerprint density at radius 3 is 3.05 bits per heavy atom. The molecule has 20 heavy (non-hydrogen) atoms. The van der Waals surface area contributed by atoms with E-state index in [2.05, 4.69) is 29.8 Å². The first kappa shape index (κ1) is 13.6. The summed E-state index contributed by atoms with van der Waals surface area (Å²) in [4.78, 5) is 4.74. The first-order valence-corrected chi connectivity index (χ1v) is 7.54. The third-order valence-corrected chi connectivity index (χ3v) is 4.24. The van der Waals surface area contributed by atoms with Crippen LogP contribution in [0.3, 0.4) is 0 Å². The molecule has 1 aliphatic rings. The van der Waals surface area contributed by atoms with E-state index >= 15 is 0 Å². The Kier molecular flexibility index (Phi) is 4.03. The molecule has 1 atom stereocenters. The number of aryl methyl sites for hydroxylation is 2. The molecule has 2 aromatic rings. The lowest BCUT2D eigenvalue weighted by atomic mass is 10.0. The molecular weight excluding hydrogens is 250 g/mol. The lowest BCUT2D eigenvalue weighted by Crippen LogP contribution is -2.20. The van der Waals surface area contributed by atoms with Crippen LogP contribution in [-0.4, -0.2) is 22.3 Å². The van der Waals surface area contributed by atoms with E-state index in [1.807, 2.05) is 0 Å². The predicted octanol–water partition coefficient (Wildman–Crippen LogP) is 2.53. The highest BCUT2D eigenvalue weighted by atomic mass is 16.5. The Morgan fingerprint density at radius 2 is 2.30 bits per heavy atom. The van der Waals surface area contributed by atoms with Crippen LogP contribution in [0.25, 0.3) is 11.0 Å². The van der Waals surface area contributed by atoms with Crippen molar-refractivity contribution in [1.29, 1.82) is 0 Å². The summed E-state index contributed by atoms with van der Waals surface area (Å²) in [5.41, 5.74) is 9.10. The first-order chi connectivity index (χ1) is 9.78. The van der Waals surface area contributed by atoms with E-state index in [4.69, 9.17) is 15.5 Å². The Bertz CT molecular complexity index is 585. The van der Waals surface area contributed by atoms with Gasteiger partial charge in [0.15, 0.2) is 0 Å². The minimum Gasteiger partial charge on any atom is -0.378 e. The number of hydrogen-bond acceptors (Lipinski definition) is 3. The fourth-order valence-corrected chi connectivity index (χ4v) is 2.96. The zero-order valence-corrected chi connectivity index (χ0v) is 12.1. The number of fused-ring (bicyclic) bond motifs is 1. The summed E-state index contributed by atoms with van der Waals surface area (Å²) in [5, 5.41) is 0. The molecule has 1 aromatic heterocycles. The van der Waals surface area contributed by atoms with Crippen molar-refractivity contribution in [2.45, 2.75) is 44.8 Å². The summed E-state index contributed by atoms with van der Waals surface area (Å²) >= 11 is 0. The van der Waals surface area contributed by atoms with Gasteiger partial charge in [-0.25, -0.2) is 4.98 Å². The Balaban J connectivity index is 1.75. The molecule has 0 aliphatic carbocycles. The molecule has 2 N–H and O–H groups in total. The van der Waals surface area contributed by atoms with Crippen molar-refractivity contribution >= 4 is 11.0 Å². The number of ether oxygens (including phenoxy) is 1. The minimum absolute atomic E-state index is 0.420. The lowest BCUT2D eigenvalue weighted by molar-refractivity contribution is 0.0111. The quantitative estimate of drug-likeness (QED) is 0.931. The van der Waals surface area contributed by atoms with Gasteiger partial charge in [-0.05, 0) is 43.4 Å². The van der Waals surface area contributed by atoms with Crippen molar-refractivity contribution in [2.24, 2.45) is 12.8 Å². The van der Waals surface area contributed by atoms with Crippen LogP contribution in [0.1, 0.15) is 37.1 Å². The Morgan fingerprint density at radius 1 is 1.40 bits per heavy atom. The summed E-state index contributed by atoms with van der Waals surface area (Å²) in [7, 11) is 2.09. The number of imidazole rings is 1. The molecule has 1 unspecified atom stereocenters. The molecule has 0 bridgehead atoms. The topological polar surface area (TPSA) is 53.1 Å². The minimum atomic E-state index is 0.420. The van der Waals surface area contributed by atoms with Crippen LogP contribution < -0.4 is 5.73 Å². The fraction of sp³-hybridized carbons (Fsp3) is 0.562. The first-order valence-electron chi connectivity index (χ1n) is 7.54. The molecule has 0 saturated carbocycles. The molecule has 1 aromatic carbocycles. The standard InChI is InChI=1S/C16H23N3O/c1-19-15-10-12(11-17)5-7-14(15)18-16(19)8-6-13-4-2-3-9-20-13/h5,7,10,13H,2-4,6,8-9,11,17H2,1H3. The number of nitrogens with zero attached hydrogens (tertiary/aromatic N) is 2. The molecule has 0 amide bonds. The summed E-state index contributed by atoms with van der Waals surface area (Å²) in [6, 6.07) is 6.27. The maximum Gasteiger partial charge on any atom is 0.109 e. The van der Waals surface area contributed by atoms with Gasteiger partial charge in [-0.2, -0.15) is 0 Å². The van der Waals surface area contributed by atoms with Crippen LogP contribution in [-0.2, 0) is 24.8 Å². The van der Waals surface area contributed by atoms with Gasteiger partial charge in [0.1, 0.15) is 5.82 Å². The number of rotatable bonds is 4. The van der Waals surface area contributed by atoms with Gasteiger partial charge < -0.3 is 15.0 Å². The average molecular weight is 273 g/mol. The molecule has 4 nitrogen and oxygen atoms in total. The SMILES string of the molecule is Cn1c(CCC2CCCCO2)nc2ccc(CN)cc21. The van der Waals surface area contributed by atoms with E-state index < -0.39 is 0 Å². The molecule has 4 heteroatoms. The second kappa shape index (κ2) is 5.94. The molecule has 0 spiro atoms. The number of nitrogens with two attached hydrogens (primary N) is 1. The highest BCUT2D eigenvalue weighted by molar-refractivity contribution is 5.76. The van der Waals surface area contributed by atoms with Gasteiger partial charge in [0.25, 0.3) is 0 Å². The predicted molar refractivity (Wildman–Crippen MR) is 80.5 cm³/mol. The van der Waals surface area contributed by atoms with Crippen molar-refractivity contribution < 1.29 is 4.74 Å². The van der Waals surface area contributed by atoms with Crippen LogP contribution in [0.2, 0.25) is 0 Å². The molecule has 3 rings (SSSR count). The second-order valence-electron chi connectivity index (χ2n) is 5.64. The van der Waals surface area contributed by atoms with E-state index in [0.717, 1.165) is 36.4 Å². The van der Waals surface area contributed by atoms with Gasteiger partial charge in [0.05, 0.1) is 17.1 Å². The highest BCUT2D eigenvalue weighted by Crippen LogP contribution is 2.21. The maximum absolute atomic E-state index is 5.80. The van der Waals surface area contributed by atoms with E-state index in [9.17, 15) is 0 Å². The van der Waals surface area contributed by atoms with Crippen LogP contribution >= 0.6 is 0 Å². The van der Waals surface area contributed by atoms with Gasteiger partial charge in [-0.1, -0.05) is 6.07 Å². The zero-order chi connectivity index (χ0) is 13.9. The molecule has 1 aliphatic heterocycles. The summed E-state index contributed by atoms with van der Waals surface area (Å²) in [6.45, 7) is 1.50.